The molecule has 1 N–H and O–H groups in total. The van der Waals surface area contributed by atoms with Gasteiger partial charge in [-0.25, -0.2) is 9.37 Å². The predicted molar refractivity (Wildman–Crippen MR) is 120 cm³/mol. The Morgan fingerprint density at radius 3 is 2.65 bits per heavy atom. The fourth-order valence-corrected chi connectivity index (χ4v) is 5.17. The molecule has 8 heteroatoms. The van der Waals surface area contributed by atoms with Crippen molar-refractivity contribution in [2.75, 3.05) is 0 Å². The van der Waals surface area contributed by atoms with Crippen LogP contribution in [0.25, 0.3) is 22.2 Å². The fraction of sp³-hybridized carbons (Fsp3) is 0.308. The molecule has 174 valence electrons. The van der Waals surface area contributed by atoms with Gasteiger partial charge in [-0.1, -0.05) is 24.3 Å². The summed E-state index contributed by atoms with van der Waals surface area (Å²) in [4.78, 5) is 9.01. The minimum atomic E-state index is -2.92. The van der Waals surface area contributed by atoms with Gasteiger partial charge in [0.1, 0.15) is 23.0 Å². The first-order valence-corrected chi connectivity index (χ1v) is 11.2. The second-order valence-corrected chi connectivity index (χ2v) is 9.52. The van der Waals surface area contributed by atoms with E-state index in [0.717, 1.165) is 17.8 Å². The lowest BCUT2D eigenvalue weighted by molar-refractivity contribution is -0.0507. The summed E-state index contributed by atoms with van der Waals surface area (Å²) in [6.45, 7) is 0.355. The molecule has 2 aromatic carbocycles. The van der Waals surface area contributed by atoms with E-state index < -0.39 is 18.0 Å². The number of ether oxygens (including phenoxy) is 1. The number of imidazole rings is 1. The van der Waals surface area contributed by atoms with E-state index in [4.69, 9.17) is 9.72 Å². The number of benzene rings is 2. The molecule has 34 heavy (non-hydrogen) atoms. The number of pyridine rings is 1. The van der Waals surface area contributed by atoms with Gasteiger partial charge in [-0.3, -0.25) is 4.98 Å². The third kappa shape index (κ3) is 3.27. The Hall–Kier alpha value is -3.39. The molecule has 3 heterocycles. The summed E-state index contributed by atoms with van der Waals surface area (Å²) in [6, 6.07) is 13.2. The van der Waals surface area contributed by atoms with Gasteiger partial charge in [0.05, 0.1) is 22.8 Å². The molecule has 5 nitrogen and oxygen atoms in total. The summed E-state index contributed by atoms with van der Waals surface area (Å²) in [7, 11) is 0. The molecule has 0 saturated heterocycles. The van der Waals surface area contributed by atoms with Crippen LogP contribution in [0.4, 0.5) is 13.2 Å². The van der Waals surface area contributed by atoms with Crippen molar-refractivity contribution >= 4 is 11.0 Å². The van der Waals surface area contributed by atoms with Crippen LogP contribution >= 0.6 is 0 Å². The van der Waals surface area contributed by atoms with Crippen molar-refractivity contribution in [3.8, 4) is 16.9 Å². The topological polar surface area (TPSA) is 60.2 Å². The molecule has 2 aliphatic rings. The zero-order chi connectivity index (χ0) is 23.8. The van der Waals surface area contributed by atoms with Gasteiger partial charge in [0.25, 0.3) is 0 Å². The Morgan fingerprint density at radius 1 is 1.15 bits per heavy atom. The van der Waals surface area contributed by atoms with E-state index >= 15 is 4.39 Å². The highest BCUT2D eigenvalue weighted by Crippen LogP contribution is 2.63. The molecule has 3 atom stereocenters. The van der Waals surface area contributed by atoms with E-state index in [1.807, 2.05) is 16.7 Å². The van der Waals surface area contributed by atoms with Gasteiger partial charge in [-0.05, 0) is 44.4 Å². The van der Waals surface area contributed by atoms with Gasteiger partial charge in [0.15, 0.2) is 0 Å². The molecule has 1 saturated carbocycles. The molecule has 0 spiro atoms. The second-order valence-electron chi connectivity index (χ2n) is 9.52. The minimum absolute atomic E-state index is 0.150. The number of nitrogens with zero attached hydrogens (tertiary/aromatic N) is 3. The number of alkyl halides is 2. The van der Waals surface area contributed by atoms with Crippen LogP contribution in [0, 0.1) is 11.7 Å². The summed E-state index contributed by atoms with van der Waals surface area (Å²) < 4.78 is 48.1. The Balaban J connectivity index is 1.48. The van der Waals surface area contributed by atoms with Crippen LogP contribution in [-0.4, -0.2) is 26.3 Å². The van der Waals surface area contributed by atoms with Crippen molar-refractivity contribution in [1.29, 1.82) is 0 Å². The second kappa shape index (κ2) is 7.30. The third-order valence-electron chi connectivity index (χ3n) is 6.82. The van der Waals surface area contributed by atoms with E-state index in [1.54, 1.807) is 50.4 Å². The van der Waals surface area contributed by atoms with Crippen LogP contribution < -0.4 is 4.74 Å². The monoisotopic (exact) mass is 465 g/mol. The van der Waals surface area contributed by atoms with Gasteiger partial charge in [0, 0.05) is 34.9 Å². The number of hydrogen-bond acceptors (Lipinski definition) is 4. The normalized spacial score (nSPS) is 21.1. The maximum atomic E-state index is 15.1. The summed E-state index contributed by atoms with van der Waals surface area (Å²) in [5.74, 6) is 1.04. The van der Waals surface area contributed by atoms with Gasteiger partial charge in [0.2, 0.25) is 0 Å². The largest absolute Gasteiger partial charge is 0.434 e. The minimum Gasteiger partial charge on any atom is -0.434 e. The Bertz CT molecular complexity index is 1410. The maximum absolute atomic E-state index is 15.1. The average Bonchev–Trinajstić information content (AvgIpc) is 3.39. The lowest BCUT2D eigenvalue weighted by Crippen LogP contribution is -2.17. The van der Waals surface area contributed by atoms with E-state index in [0.29, 0.717) is 27.9 Å². The quantitative estimate of drug-likeness (QED) is 0.406. The molecule has 1 aliphatic carbocycles. The van der Waals surface area contributed by atoms with E-state index in [2.05, 4.69) is 4.98 Å². The number of para-hydroxylation sites is 1. The standard InChI is InChI=1S/C26H22F3N3O2/c1-26(2,33)22-8-7-13(12-30-22)15-10-20-19(11-18(15)27)31-24-17-9-16(17)23(32(20)24)14-5-3-4-6-21(14)34-25(28)29/h3-8,10-12,16-17,23,25,33H,9H2,1-2H3/t16-,17+,23-/m0/s1. The molecule has 1 aliphatic heterocycles. The SMILES string of the molecule is CC(C)(O)c1ccc(-c2cc3c(cc2F)nc2n3[C@@H](c3ccccc3OC(F)F)[C@H]3C[C@@H]23)cn1. The Labute approximate surface area is 193 Å². The molecule has 2 aromatic heterocycles. The van der Waals surface area contributed by atoms with Gasteiger partial charge in [-0.15, -0.1) is 0 Å². The van der Waals surface area contributed by atoms with Gasteiger partial charge < -0.3 is 14.4 Å². The van der Waals surface area contributed by atoms with Crippen molar-refractivity contribution in [1.82, 2.24) is 14.5 Å². The van der Waals surface area contributed by atoms with Crippen molar-refractivity contribution in [3.05, 3.63) is 77.6 Å². The average molecular weight is 465 g/mol. The zero-order valence-corrected chi connectivity index (χ0v) is 18.5. The number of aromatic nitrogens is 3. The summed E-state index contributed by atoms with van der Waals surface area (Å²) in [6.07, 6.45) is 2.45. The van der Waals surface area contributed by atoms with Crippen molar-refractivity contribution < 1.29 is 23.0 Å². The molecule has 1 fully saturated rings. The highest BCUT2D eigenvalue weighted by molar-refractivity contribution is 5.84. The smallest absolute Gasteiger partial charge is 0.387 e. The molecule has 6 rings (SSSR count). The third-order valence-corrected chi connectivity index (χ3v) is 6.82. The van der Waals surface area contributed by atoms with Crippen molar-refractivity contribution in [2.24, 2.45) is 5.92 Å². The zero-order valence-electron chi connectivity index (χ0n) is 18.5. The highest BCUT2D eigenvalue weighted by atomic mass is 19.3. The van der Waals surface area contributed by atoms with E-state index in [-0.39, 0.29) is 23.6 Å². The van der Waals surface area contributed by atoms with E-state index in [9.17, 15) is 13.9 Å². The van der Waals surface area contributed by atoms with Crippen molar-refractivity contribution in [3.63, 3.8) is 0 Å². The highest BCUT2D eigenvalue weighted by Gasteiger charge is 2.55. The van der Waals surface area contributed by atoms with Crippen LogP contribution in [-0.2, 0) is 5.60 Å². The molecule has 0 amide bonds. The Kier molecular flexibility index (Phi) is 4.55. The lowest BCUT2D eigenvalue weighted by atomic mass is 10.00. The van der Waals surface area contributed by atoms with Crippen LogP contribution in [0.5, 0.6) is 5.75 Å². The van der Waals surface area contributed by atoms with E-state index in [1.165, 1.54) is 6.07 Å². The molecule has 4 aromatic rings. The van der Waals surface area contributed by atoms with Crippen LogP contribution in [0.3, 0.4) is 0 Å². The molecular weight excluding hydrogens is 443 g/mol. The number of aliphatic hydroxyl groups is 1. The summed E-state index contributed by atoms with van der Waals surface area (Å²) in [5.41, 5.74) is 2.26. The molecule has 0 unspecified atom stereocenters. The molecule has 0 radical (unpaired) electrons. The summed E-state index contributed by atoms with van der Waals surface area (Å²) >= 11 is 0. The first-order chi connectivity index (χ1) is 16.2. The molecular formula is C26H22F3N3O2. The summed E-state index contributed by atoms with van der Waals surface area (Å²) in [5, 5.41) is 10.2. The maximum Gasteiger partial charge on any atom is 0.387 e. The predicted octanol–water partition coefficient (Wildman–Crippen LogP) is 5.77. The van der Waals surface area contributed by atoms with Gasteiger partial charge >= 0.3 is 6.61 Å². The molecule has 0 bridgehead atoms. The first kappa shape index (κ1) is 21.2. The number of halogens is 3. The lowest BCUT2D eigenvalue weighted by Gasteiger charge is -2.21. The number of rotatable bonds is 5. The fourth-order valence-electron chi connectivity index (χ4n) is 5.17. The Morgan fingerprint density at radius 2 is 1.94 bits per heavy atom. The van der Waals surface area contributed by atoms with Crippen molar-refractivity contribution in [2.45, 2.75) is 44.4 Å². The van der Waals surface area contributed by atoms with Crippen LogP contribution in [0.2, 0.25) is 0 Å². The number of hydrogen-bond donors (Lipinski definition) is 1. The first-order valence-electron chi connectivity index (χ1n) is 11.2. The number of fused-ring (bicyclic) bond motifs is 5. The van der Waals surface area contributed by atoms with Crippen LogP contribution in [0.1, 0.15) is 49.3 Å². The van der Waals surface area contributed by atoms with Crippen LogP contribution in [0.15, 0.2) is 54.7 Å². The van der Waals surface area contributed by atoms with Gasteiger partial charge in [-0.2, -0.15) is 8.78 Å².